The van der Waals surface area contributed by atoms with Gasteiger partial charge in [0.05, 0.1) is 19.8 Å². The molecule has 0 fully saturated rings. The first-order valence-electron chi connectivity index (χ1n) is 4.71. The number of rotatable bonds is 4. The Morgan fingerprint density at radius 3 is 2.67 bits per heavy atom. The van der Waals surface area contributed by atoms with Crippen molar-refractivity contribution in [3.63, 3.8) is 0 Å². The van der Waals surface area contributed by atoms with Gasteiger partial charge in [-0.05, 0) is 12.1 Å². The van der Waals surface area contributed by atoms with Crippen LogP contribution in [-0.2, 0) is 9.53 Å². The molecule has 15 heavy (non-hydrogen) atoms. The molecule has 0 radical (unpaired) electrons. The van der Waals surface area contributed by atoms with Gasteiger partial charge in [0, 0.05) is 0 Å². The van der Waals surface area contributed by atoms with E-state index >= 15 is 0 Å². The SMILES string of the molecule is COC(=O)C[C@@H]([NH3+])c1ccccc1OC. The summed E-state index contributed by atoms with van der Waals surface area (Å²) in [4.78, 5) is 11.1. The first-order valence-corrected chi connectivity index (χ1v) is 4.71. The van der Waals surface area contributed by atoms with Crippen LogP contribution < -0.4 is 10.5 Å². The van der Waals surface area contributed by atoms with E-state index in [1.54, 1.807) is 7.11 Å². The average Bonchev–Trinajstić information content (AvgIpc) is 2.28. The second-order valence-electron chi connectivity index (χ2n) is 3.22. The van der Waals surface area contributed by atoms with Gasteiger partial charge in [0.15, 0.2) is 0 Å². The first kappa shape index (κ1) is 11.5. The van der Waals surface area contributed by atoms with Crippen molar-refractivity contribution in [1.82, 2.24) is 0 Å². The summed E-state index contributed by atoms with van der Waals surface area (Å²) in [5.41, 5.74) is 4.85. The van der Waals surface area contributed by atoms with E-state index in [1.165, 1.54) is 7.11 Å². The standard InChI is InChI=1S/C11H15NO3/c1-14-10-6-4-3-5-8(10)9(12)7-11(13)15-2/h3-6,9H,7,12H2,1-2H3/p+1/t9-/m1/s1. The zero-order valence-electron chi connectivity index (χ0n) is 9.03. The number of para-hydroxylation sites is 1. The number of carbonyl (C=O) groups is 1. The van der Waals surface area contributed by atoms with E-state index in [9.17, 15) is 4.79 Å². The molecule has 0 unspecified atom stereocenters. The second kappa shape index (κ2) is 5.36. The molecule has 0 amide bonds. The monoisotopic (exact) mass is 210 g/mol. The van der Waals surface area contributed by atoms with Crippen molar-refractivity contribution >= 4 is 5.97 Å². The third-order valence-corrected chi connectivity index (χ3v) is 2.22. The summed E-state index contributed by atoms with van der Waals surface area (Å²) in [7, 11) is 2.97. The molecule has 1 rings (SSSR count). The fourth-order valence-electron chi connectivity index (χ4n) is 1.40. The predicted octanol–water partition coefficient (Wildman–Crippen LogP) is 0.541. The van der Waals surface area contributed by atoms with E-state index in [4.69, 9.17) is 4.74 Å². The molecular weight excluding hydrogens is 194 g/mol. The van der Waals surface area contributed by atoms with Crippen LogP contribution in [0, 0.1) is 0 Å². The van der Waals surface area contributed by atoms with Gasteiger partial charge in [-0.3, -0.25) is 4.79 Å². The molecule has 4 heteroatoms. The molecule has 0 heterocycles. The molecule has 0 aromatic heterocycles. The number of hydrogen-bond donors (Lipinski definition) is 1. The summed E-state index contributed by atoms with van der Waals surface area (Å²) < 4.78 is 9.79. The predicted molar refractivity (Wildman–Crippen MR) is 55.3 cm³/mol. The maximum absolute atomic E-state index is 11.1. The Balaban J connectivity index is 2.80. The van der Waals surface area contributed by atoms with E-state index in [-0.39, 0.29) is 18.4 Å². The van der Waals surface area contributed by atoms with Crippen LogP contribution in [0.2, 0.25) is 0 Å². The molecule has 1 atom stereocenters. The van der Waals surface area contributed by atoms with Crippen molar-refractivity contribution < 1.29 is 20.0 Å². The molecule has 0 aliphatic carbocycles. The molecule has 3 N–H and O–H groups in total. The maximum Gasteiger partial charge on any atom is 0.311 e. The third-order valence-electron chi connectivity index (χ3n) is 2.22. The molecule has 82 valence electrons. The normalized spacial score (nSPS) is 11.9. The molecular formula is C11H16NO3+. The van der Waals surface area contributed by atoms with Gasteiger partial charge in [-0.2, -0.15) is 0 Å². The van der Waals surface area contributed by atoms with E-state index in [1.807, 2.05) is 24.3 Å². The van der Waals surface area contributed by atoms with Crippen molar-refractivity contribution in [2.24, 2.45) is 0 Å². The lowest BCUT2D eigenvalue weighted by atomic mass is 10.0. The number of esters is 1. The van der Waals surface area contributed by atoms with Gasteiger partial charge in [-0.1, -0.05) is 12.1 Å². The van der Waals surface area contributed by atoms with E-state index < -0.39 is 0 Å². The van der Waals surface area contributed by atoms with Gasteiger partial charge in [-0.25, -0.2) is 0 Å². The number of ether oxygens (including phenoxy) is 2. The van der Waals surface area contributed by atoms with Gasteiger partial charge >= 0.3 is 5.97 Å². The Hall–Kier alpha value is -1.55. The van der Waals surface area contributed by atoms with E-state index in [0.717, 1.165) is 11.3 Å². The Morgan fingerprint density at radius 1 is 1.40 bits per heavy atom. The van der Waals surface area contributed by atoms with Crippen LogP contribution >= 0.6 is 0 Å². The van der Waals surface area contributed by atoms with Crippen LogP contribution in [0.3, 0.4) is 0 Å². The summed E-state index contributed by atoms with van der Waals surface area (Å²) in [5.74, 6) is 0.488. The third kappa shape index (κ3) is 2.95. The van der Waals surface area contributed by atoms with Crippen LogP contribution in [0.15, 0.2) is 24.3 Å². The van der Waals surface area contributed by atoms with Crippen molar-refractivity contribution in [3.05, 3.63) is 29.8 Å². The minimum atomic E-state index is -0.263. The fraction of sp³-hybridized carbons (Fsp3) is 0.364. The lowest BCUT2D eigenvalue weighted by Crippen LogP contribution is -2.54. The first-order chi connectivity index (χ1) is 7.19. The van der Waals surface area contributed by atoms with Gasteiger partial charge < -0.3 is 15.2 Å². The zero-order chi connectivity index (χ0) is 11.3. The molecule has 0 aliphatic heterocycles. The topological polar surface area (TPSA) is 63.2 Å². The highest BCUT2D eigenvalue weighted by Gasteiger charge is 2.18. The van der Waals surface area contributed by atoms with Crippen molar-refractivity contribution in [3.8, 4) is 5.75 Å². The minimum absolute atomic E-state index is 0.145. The molecule has 1 aromatic rings. The van der Waals surface area contributed by atoms with Crippen LogP contribution in [0.25, 0.3) is 0 Å². The Morgan fingerprint density at radius 2 is 2.07 bits per heavy atom. The maximum atomic E-state index is 11.1. The average molecular weight is 210 g/mol. The van der Waals surface area contributed by atoms with Crippen molar-refractivity contribution in [2.45, 2.75) is 12.5 Å². The molecule has 0 saturated carbocycles. The van der Waals surface area contributed by atoms with Gasteiger partial charge in [-0.15, -0.1) is 0 Å². The van der Waals surface area contributed by atoms with Crippen molar-refractivity contribution in [1.29, 1.82) is 0 Å². The highest BCUT2D eigenvalue weighted by atomic mass is 16.5. The molecule has 0 saturated heterocycles. The summed E-state index contributed by atoms with van der Waals surface area (Å²) in [6.07, 6.45) is 0.261. The lowest BCUT2D eigenvalue weighted by molar-refractivity contribution is -0.426. The summed E-state index contributed by atoms with van der Waals surface area (Å²) >= 11 is 0. The minimum Gasteiger partial charge on any atom is -0.496 e. The molecule has 0 aliphatic rings. The molecule has 1 aromatic carbocycles. The van der Waals surface area contributed by atoms with Crippen LogP contribution in [-0.4, -0.2) is 20.2 Å². The van der Waals surface area contributed by atoms with Crippen LogP contribution in [0.5, 0.6) is 5.75 Å². The van der Waals surface area contributed by atoms with Crippen LogP contribution in [0.1, 0.15) is 18.0 Å². The number of benzene rings is 1. The smallest absolute Gasteiger partial charge is 0.311 e. The van der Waals surface area contributed by atoms with E-state index in [0.29, 0.717) is 0 Å². The van der Waals surface area contributed by atoms with Gasteiger partial charge in [0.25, 0.3) is 0 Å². The number of methoxy groups -OCH3 is 2. The molecule has 0 bridgehead atoms. The Kier molecular flexibility index (Phi) is 4.12. The lowest BCUT2D eigenvalue weighted by Gasteiger charge is -2.11. The Bertz CT molecular complexity index is 338. The highest BCUT2D eigenvalue weighted by molar-refractivity contribution is 5.70. The zero-order valence-corrected chi connectivity index (χ0v) is 9.03. The summed E-state index contributed by atoms with van der Waals surface area (Å²) in [6, 6.07) is 7.39. The fourth-order valence-corrected chi connectivity index (χ4v) is 1.40. The molecule has 4 nitrogen and oxygen atoms in total. The van der Waals surface area contributed by atoms with Gasteiger partial charge in [0.2, 0.25) is 0 Å². The largest absolute Gasteiger partial charge is 0.496 e. The van der Waals surface area contributed by atoms with Gasteiger partial charge in [0.1, 0.15) is 18.2 Å². The number of carbonyl (C=O) groups excluding carboxylic acids is 1. The number of hydrogen-bond acceptors (Lipinski definition) is 3. The van der Waals surface area contributed by atoms with E-state index in [2.05, 4.69) is 10.5 Å². The number of quaternary nitrogens is 1. The second-order valence-corrected chi connectivity index (χ2v) is 3.22. The quantitative estimate of drug-likeness (QED) is 0.738. The highest BCUT2D eigenvalue weighted by Crippen LogP contribution is 2.23. The Labute approximate surface area is 89.0 Å². The summed E-state index contributed by atoms with van der Waals surface area (Å²) in [5, 5.41) is 0. The summed E-state index contributed by atoms with van der Waals surface area (Å²) in [6.45, 7) is 0. The van der Waals surface area contributed by atoms with Crippen LogP contribution in [0.4, 0.5) is 0 Å². The van der Waals surface area contributed by atoms with Crippen molar-refractivity contribution in [2.75, 3.05) is 14.2 Å². The molecule has 0 spiro atoms.